The molecule has 0 saturated heterocycles. The summed E-state index contributed by atoms with van der Waals surface area (Å²) in [6.45, 7) is 2.23. The maximum atomic E-state index is 12.7. The average Bonchev–Trinajstić information content (AvgIpc) is 3.00. The molecular weight excluding hydrogens is 360 g/mol. The number of esters is 1. The van der Waals surface area contributed by atoms with Crippen LogP contribution in [0.1, 0.15) is 24.2 Å². The maximum Gasteiger partial charge on any atom is 0.338 e. The highest BCUT2D eigenvalue weighted by molar-refractivity contribution is 7.91. The molecule has 0 aromatic carbocycles. The summed E-state index contributed by atoms with van der Waals surface area (Å²) in [5.74, 6) is -2.38. The number of aliphatic carboxylic acids is 1. The quantitative estimate of drug-likeness (QED) is 0.615. The topological polar surface area (TPSA) is 130 Å². The molecule has 11 heteroatoms. The molecule has 1 aromatic heterocycles. The van der Waals surface area contributed by atoms with Gasteiger partial charge in [-0.3, -0.25) is 9.59 Å². The van der Waals surface area contributed by atoms with Gasteiger partial charge in [0.2, 0.25) is 5.91 Å². The molecule has 24 heavy (non-hydrogen) atoms. The van der Waals surface area contributed by atoms with Crippen LogP contribution in [-0.4, -0.2) is 61.9 Å². The van der Waals surface area contributed by atoms with Crippen molar-refractivity contribution in [2.75, 3.05) is 20.2 Å². The first-order valence-corrected chi connectivity index (χ1v) is 9.09. The van der Waals surface area contributed by atoms with E-state index in [-0.39, 0.29) is 28.8 Å². The van der Waals surface area contributed by atoms with Gasteiger partial charge in [-0.25, -0.2) is 13.2 Å². The molecule has 0 spiro atoms. The molecule has 0 aliphatic rings. The number of carbonyl (C=O) groups excluding carboxylic acids is 2. The third kappa shape index (κ3) is 4.76. The summed E-state index contributed by atoms with van der Waals surface area (Å²) in [5, 5.41) is 12.9. The van der Waals surface area contributed by atoms with E-state index in [1.165, 1.54) is 26.3 Å². The molecule has 134 valence electrons. The number of amides is 1. The lowest BCUT2D eigenvalue weighted by Crippen LogP contribution is -2.46. The van der Waals surface area contributed by atoms with Crippen LogP contribution in [0.15, 0.2) is 15.7 Å². The normalized spacial score (nSPS) is 12.7. The van der Waals surface area contributed by atoms with Crippen molar-refractivity contribution < 1.29 is 32.6 Å². The van der Waals surface area contributed by atoms with Crippen LogP contribution in [0.5, 0.6) is 0 Å². The Labute approximate surface area is 143 Å². The second kappa shape index (κ2) is 8.22. The summed E-state index contributed by atoms with van der Waals surface area (Å²) in [6, 6.07) is -0.210. The van der Waals surface area contributed by atoms with Crippen LogP contribution in [0.3, 0.4) is 0 Å². The van der Waals surface area contributed by atoms with E-state index >= 15 is 0 Å². The van der Waals surface area contributed by atoms with Gasteiger partial charge in [0.25, 0.3) is 10.0 Å². The highest BCUT2D eigenvalue weighted by atomic mass is 32.2. The van der Waals surface area contributed by atoms with Gasteiger partial charge in [0, 0.05) is 25.4 Å². The van der Waals surface area contributed by atoms with Gasteiger partial charge in [-0.2, -0.15) is 4.31 Å². The molecule has 9 nitrogen and oxygen atoms in total. The largest absolute Gasteiger partial charge is 0.480 e. The zero-order chi connectivity index (χ0) is 18.5. The minimum absolute atomic E-state index is 0.0403. The first-order chi connectivity index (χ1) is 11.1. The van der Waals surface area contributed by atoms with Gasteiger partial charge in [-0.1, -0.05) is 0 Å². The molecular formula is C13H18N2O7S2. The summed E-state index contributed by atoms with van der Waals surface area (Å²) in [5.41, 5.74) is 0.0610. The Morgan fingerprint density at radius 2 is 2.04 bits per heavy atom. The fraction of sp³-hybridized carbons (Fsp3) is 0.462. The Hall–Kier alpha value is -1.98. The number of carboxylic acid groups (broad SMARTS) is 1. The van der Waals surface area contributed by atoms with Crippen molar-refractivity contribution in [2.24, 2.45) is 0 Å². The van der Waals surface area contributed by atoms with E-state index in [1.54, 1.807) is 0 Å². The number of thiophene rings is 1. The van der Waals surface area contributed by atoms with E-state index in [2.05, 4.69) is 10.1 Å². The van der Waals surface area contributed by atoms with Gasteiger partial charge in [-0.05, 0) is 13.0 Å². The highest BCUT2D eigenvalue weighted by Gasteiger charge is 2.34. The van der Waals surface area contributed by atoms with Crippen molar-refractivity contribution in [3.8, 4) is 0 Å². The van der Waals surface area contributed by atoms with Crippen LogP contribution in [-0.2, 0) is 24.3 Å². The van der Waals surface area contributed by atoms with Gasteiger partial charge >= 0.3 is 11.9 Å². The zero-order valence-electron chi connectivity index (χ0n) is 13.3. The molecule has 1 atom stereocenters. The van der Waals surface area contributed by atoms with E-state index in [1.807, 2.05) is 0 Å². The van der Waals surface area contributed by atoms with Crippen LogP contribution in [0.25, 0.3) is 0 Å². The molecule has 0 aliphatic carbocycles. The summed E-state index contributed by atoms with van der Waals surface area (Å²) in [4.78, 5) is 33.6. The molecule has 1 rings (SSSR count). The standard InChI is InChI=1S/C13H18N2O7S2/c1-8(12(17)18)15(5-4-14-9(2)16)24(20,21)11-6-10(7-23-11)13(19)22-3/h6-8H,4-5H2,1-3H3,(H,14,16)(H,17,18). The van der Waals surface area contributed by atoms with Crippen LogP contribution < -0.4 is 5.32 Å². The minimum Gasteiger partial charge on any atom is -0.480 e. The Bertz CT molecular complexity index is 726. The van der Waals surface area contributed by atoms with Crippen LogP contribution >= 0.6 is 11.3 Å². The number of sulfonamides is 1. The summed E-state index contributed by atoms with van der Waals surface area (Å²) in [6.07, 6.45) is 0. The Morgan fingerprint density at radius 1 is 1.42 bits per heavy atom. The van der Waals surface area contributed by atoms with Crippen LogP contribution in [0.2, 0.25) is 0 Å². The Morgan fingerprint density at radius 3 is 2.54 bits per heavy atom. The molecule has 1 unspecified atom stereocenters. The van der Waals surface area contributed by atoms with Crippen LogP contribution in [0.4, 0.5) is 0 Å². The number of rotatable bonds is 8. The number of methoxy groups -OCH3 is 1. The second-order valence-corrected chi connectivity index (χ2v) is 7.79. The molecule has 1 amide bonds. The lowest BCUT2D eigenvalue weighted by atomic mass is 10.3. The number of hydrogen-bond donors (Lipinski definition) is 2. The number of carboxylic acids is 1. The van der Waals surface area contributed by atoms with Gasteiger partial charge in [0.05, 0.1) is 12.7 Å². The van der Waals surface area contributed by atoms with E-state index in [0.29, 0.717) is 0 Å². The lowest BCUT2D eigenvalue weighted by Gasteiger charge is -2.25. The smallest absolute Gasteiger partial charge is 0.338 e. The molecule has 0 aliphatic heterocycles. The number of ether oxygens (including phenoxy) is 1. The third-order valence-corrected chi connectivity index (χ3v) is 6.44. The predicted molar refractivity (Wildman–Crippen MR) is 85.3 cm³/mol. The fourth-order valence-electron chi connectivity index (χ4n) is 1.78. The van der Waals surface area contributed by atoms with Crippen molar-refractivity contribution in [3.63, 3.8) is 0 Å². The van der Waals surface area contributed by atoms with E-state index in [4.69, 9.17) is 5.11 Å². The van der Waals surface area contributed by atoms with E-state index < -0.39 is 28.0 Å². The molecule has 0 radical (unpaired) electrons. The minimum atomic E-state index is -4.15. The SMILES string of the molecule is COC(=O)c1csc(S(=O)(=O)N(CCNC(C)=O)C(C)C(=O)O)c1. The fourth-order valence-corrected chi connectivity index (χ4v) is 4.65. The van der Waals surface area contributed by atoms with Gasteiger partial charge in [0.15, 0.2) is 0 Å². The van der Waals surface area contributed by atoms with Gasteiger partial charge < -0.3 is 15.2 Å². The molecule has 1 heterocycles. The lowest BCUT2D eigenvalue weighted by molar-refractivity contribution is -0.140. The van der Waals surface area contributed by atoms with Crippen LogP contribution in [0, 0.1) is 0 Å². The Balaban J connectivity index is 3.13. The molecule has 0 bridgehead atoms. The number of nitrogens with zero attached hydrogens (tertiary/aromatic N) is 1. The monoisotopic (exact) mass is 378 g/mol. The first kappa shape index (κ1) is 20.1. The number of nitrogens with one attached hydrogen (secondary N) is 1. The highest BCUT2D eigenvalue weighted by Crippen LogP contribution is 2.25. The molecule has 0 fully saturated rings. The van der Waals surface area contributed by atoms with Crippen molar-refractivity contribution in [3.05, 3.63) is 17.0 Å². The average molecular weight is 378 g/mol. The van der Waals surface area contributed by atoms with Crippen molar-refractivity contribution in [1.82, 2.24) is 9.62 Å². The molecule has 1 aromatic rings. The van der Waals surface area contributed by atoms with Crippen molar-refractivity contribution in [1.29, 1.82) is 0 Å². The second-order valence-electron chi connectivity index (χ2n) is 4.76. The summed E-state index contributed by atoms with van der Waals surface area (Å²) >= 11 is 0.787. The van der Waals surface area contributed by atoms with E-state index in [9.17, 15) is 22.8 Å². The number of hydrogen-bond acceptors (Lipinski definition) is 7. The summed E-state index contributed by atoms with van der Waals surface area (Å²) in [7, 11) is -2.99. The zero-order valence-corrected chi connectivity index (χ0v) is 14.9. The predicted octanol–water partition coefficient (Wildman–Crippen LogP) is 0.135. The van der Waals surface area contributed by atoms with Crippen molar-refractivity contribution in [2.45, 2.75) is 24.1 Å². The van der Waals surface area contributed by atoms with Crippen molar-refractivity contribution >= 4 is 39.2 Å². The third-order valence-electron chi connectivity index (χ3n) is 3.05. The molecule has 2 N–H and O–H groups in total. The number of carbonyl (C=O) groups is 3. The summed E-state index contributed by atoms with van der Waals surface area (Å²) < 4.78 is 30.5. The van der Waals surface area contributed by atoms with Gasteiger partial charge in [-0.15, -0.1) is 11.3 Å². The Kier molecular flexibility index (Phi) is 6.87. The van der Waals surface area contributed by atoms with E-state index in [0.717, 1.165) is 21.7 Å². The molecule has 0 saturated carbocycles. The maximum absolute atomic E-state index is 12.7. The first-order valence-electron chi connectivity index (χ1n) is 6.77. The van der Waals surface area contributed by atoms with Gasteiger partial charge in [0.1, 0.15) is 10.3 Å².